The van der Waals surface area contributed by atoms with Crippen LogP contribution in [0.5, 0.6) is 11.5 Å². The van der Waals surface area contributed by atoms with Crippen LogP contribution in [0.3, 0.4) is 0 Å². The lowest BCUT2D eigenvalue weighted by Gasteiger charge is -2.15. The van der Waals surface area contributed by atoms with E-state index in [9.17, 15) is 4.79 Å². The molecule has 180 valence electrons. The van der Waals surface area contributed by atoms with Crippen molar-refractivity contribution in [3.05, 3.63) is 102 Å². The minimum absolute atomic E-state index is 0.171. The number of fused-ring (bicyclic) bond motifs is 1. The lowest BCUT2D eigenvalue weighted by Crippen LogP contribution is -2.19. The van der Waals surface area contributed by atoms with Crippen LogP contribution in [0, 0.1) is 7.14 Å². The second kappa shape index (κ2) is 11.2. The fraction of sp³-hybridized carbons (Fsp3) is 0.0714. The molecule has 0 saturated carbocycles. The Labute approximate surface area is 240 Å². The van der Waals surface area contributed by atoms with Gasteiger partial charge in [-0.3, -0.25) is 4.79 Å². The summed E-state index contributed by atoms with van der Waals surface area (Å²) >= 11 is 5.80. The number of para-hydroxylation sites is 1. The number of methoxy groups -OCH3 is 1. The summed E-state index contributed by atoms with van der Waals surface area (Å²) in [4.78, 5) is 17.8. The van der Waals surface area contributed by atoms with Crippen LogP contribution in [-0.4, -0.2) is 18.2 Å². The van der Waals surface area contributed by atoms with Gasteiger partial charge in [0.2, 0.25) is 0 Å². The van der Waals surface area contributed by atoms with Crippen LogP contribution in [-0.2, 0) is 11.4 Å². The van der Waals surface area contributed by atoms with Gasteiger partial charge in [0.05, 0.1) is 21.3 Å². The summed E-state index contributed by atoms with van der Waals surface area (Å²) in [6, 6.07) is 26.1. The highest BCUT2D eigenvalue weighted by Gasteiger charge is 2.24. The molecule has 1 heterocycles. The average molecular weight is 718 g/mol. The Hall–Kier alpha value is -2.57. The van der Waals surface area contributed by atoms with Gasteiger partial charge in [-0.15, -0.1) is 0 Å². The first-order valence-electron chi connectivity index (χ1n) is 11.0. The van der Waals surface area contributed by atoms with Gasteiger partial charge in [0.1, 0.15) is 6.61 Å². The molecule has 1 aliphatic rings. The maximum atomic E-state index is 12.6. The first-order valence-corrected chi connectivity index (χ1v) is 14.0. The molecule has 4 aromatic carbocycles. The van der Waals surface area contributed by atoms with Gasteiger partial charge < -0.3 is 14.8 Å². The Kier molecular flexibility index (Phi) is 7.82. The second-order valence-corrected chi connectivity index (χ2v) is 11.2. The number of nitrogens with zero attached hydrogens (tertiary/aromatic N) is 1. The zero-order valence-corrected chi connectivity index (χ0v) is 24.3. The molecule has 1 saturated heterocycles. The normalized spacial score (nSPS) is 15.5. The molecule has 0 aromatic heterocycles. The molecule has 0 spiro atoms. The fourth-order valence-electron chi connectivity index (χ4n) is 3.82. The van der Waals surface area contributed by atoms with Crippen LogP contribution in [0.4, 0.5) is 5.69 Å². The van der Waals surface area contributed by atoms with Crippen molar-refractivity contribution in [1.82, 2.24) is 5.32 Å². The predicted molar refractivity (Wildman–Crippen MR) is 164 cm³/mol. The number of nitrogens with one attached hydrogen (secondary N) is 1. The van der Waals surface area contributed by atoms with Gasteiger partial charge in [-0.2, -0.15) is 0 Å². The summed E-state index contributed by atoms with van der Waals surface area (Å²) in [6.07, 6.45) is 1.84. The SMILES string of the molecule is COc1cc(/C=C2/SC(=Nc3ccccc3I)NC2=O)cc(I)c1OCc1cccc2ccccc12. The molecule has 5 nitrogen and oxygen atoms in total. The summed E-state index contributed by atoms with van der Waals surface area (Å²) in [5.41, 5.74) is 2.78. The van der Waals surface area contributed by atoms with E-state index in [1.54, 1.807) is 7.11 Å². The van der Waals surface area contributed by atoms with Crippen molar-refractivity contribution in [2.75, 3.05) is 7.11 Å². The van der Waals surface area contributed by atoms with Crippen molar-refractivity contribution in [3.63, 3.8) is 0 Å². The number of hydrogen-bond donors (Lipinski definition) is 1. The number of aliphatic imine (C=N–C) groups is 1. The minimum atomic E-state index is -0.171. The van der Waals surface area contributed by atoms with Gasteiger partial charge in [-0.05, 0) is 109 Å². The van der Waals surface area contributed by atoms with E-state index in [1.165, 1.54) is 22.5 Å². The Morgan fingerprint density at radius 1 is 0.972 bits per heavy atom. The molecule has 36 heavy (non-hydrogen) atoms. The van der Waals surface area contributed by atoms with Crippen LogP contribution >= 0.6 is 56.9 Å². The monoisotopic (exact) mass is 718 g/mol. The molecule has 1 amide bonds. The molecule has 1 aliphatic heterocycles. The first-order chi connectivity index (χ1) is 17.5. The molecule has 0 unspecified atom stereocenters. The molecule has 0 atom stereocenters. The highest BCUT2D eigenvalue weighted by Crippen LogP contribution is 2.37. The quantitative estimate of drug-likeness (QED) is 0.166. The number of ether oxygens (including phenoxy) is 2. The smallest absolute Gasteiger partial charge is 0.264 e. The standard InChI is InChI=1S/C28H20I2N2O3S/c1-34-24-14-17(15-25-27(33)32-28(36-25)31-23-12-5-4-11-21(23)29)13-22(30)26(24)35-16-19-9-6-8-18-7-2-3-10-20(18)19/h2-15H,16H2,1H3,(H,31,32,33)/b25-15+. The Balaban J connectivity index is 1.38. The third-order valence-corrected chi connectivity index (χ3v) is 8.15. The fourth-order valence-corrected chi connectivity index (χ4v) is 5.94. The van der Waals surface area contributed by atoms with E-state index < -0.39 is 0 Å². The number of thioether (sulfide) groups is 1. The van der Waals surface area contributed by atoms with Gasteiger partial charge in [-0.25, -0.2) is 4.99 Å². The van der Waals surface area contributed by atoms with Gasteiger partial charge in [0.15, 0.2) is 16.7 Å². The summed E-state index contributed by atoms with van der Waals surface area (Å²) in [7, 11) is 1.62. The average Bonchev–Trinajstić information content (AvgIpc) is 3.22. The maximum Gasteiger partial charge on any atom is 0.264 e. The number of carbonyl (C=O) groups excluding carboxylic acids is 1. The Bertz CT molecular complexity index is 1530. The second-order valence-electron chi connectivity index (χ2n) is 7.89. The van der Waals surface area contributed by atoms with E-state index in [1.807, 2.05) is 60.7 Å². The molecule has 1 N–H and O–H groups in total. The number of benzene rings is 4. The number of hydrogen-bond acceptors (Lipinski definition) is 5. The van der Waals surface area contributed by atoms with Gasteiger partial charge >= 0.3 is 0 Å². The van der Waals surface area contributed by atoms with Crippen LogP contribution < -0.4 is 14.8 Å². The number of amides is 1. The lowest BCUT2D eigenvalue weighted by atomic mass is 10.1. The van der Waals surface area contributed by atoms with Crippen molar-refractivity contribution in [2.45, 2.75) is 6.61 Å². The molecule has 4 aromatic rings. The number of halogens is 2. The molecular weight excluding hydrogens is 698 g/mol. The molecule has 0 bridgehead atoms. The molecule has 1 fully saturated rings. The molecule has 8 heteroatoms. The number of amidine groups is 1. The minimum Gasteiger partial charge on any atom is -0.493 e. The number of carbonyl (C=O) groups is 1. The van der Waals surface area contributed by atoms with Crippen molar-refractivity contribution in [3.8, 4) is 11.5 Å². The van der Waals surface area contributed by atoms with Crippen LogP contribution in [0.2, 0.25) is 0 Å². The van der Waals surface area contributed by atoms with Gasteiger partial charge in [0.25, 0.3) is 5.91 Å². The van der Waals surface area contributed by atoms with Crippen LogP contribution in [0.25, 0.3) is 16.8 Å². The number of rotatable bonds is 6. The molecule has 0 aliphatic carbocycles. The summed E-state index contributed by atoms with van der Waals surface area (Å²) in [5, 5.41) is 5.76. The van der Waals surface area contributed by atoms with Crippen LogP contribution in [0.15, 0.2) is 88.8 Å². The van der Waals surface area contributed by atoms with E-state index in [4.69, 9.17) is 9.47 Å². The lowest BCUT2D eigenvalue weighted by molar-refractivity contribution is -0.115. The third-order valence-electron chi connectivity index (χ3n) is 5.53. The summed E-state index contributed by atoms with van der Waals surface area (Å²) < 4.78 is 13.8. The highest BCUT2D eigenvalue weighted by molar-refractivity contribution is 14.1. The highest BCUT2D eigenvalue weighted by atomic mass is 127. The van der Waals surface area contributed by atoms with E-state index in [0.717, 1.165) is 24.0 Å². The Morgan fingerprint density at radius 3 is 2.58 bits per heavy atom. The maximum absolute atomic E-state index is 12.6. The van der Waals surface area contributed by atoms with Gasteiger partial charge in [-0.1, -0.05) is 54.6 Å². The zero-order valence-electron chi connectivity index (χ0n) is 19.1. The molecule has 0 radical (unpaired) electrons. The Morgan fingerprint density at radius 2 is 1.75 bits per heavy atom. The van der Waals surface area contributed by atoms with Gasteiger partial charge in [0, 0.05) is 3.57 Å². The van der Waals surface area contributed by atoms with E-state index in [-0.39, 0.29) is 5.91 Å². The predicted octanol–water partition coefficient (Wildman–Crippen LogP) is 7.53. The molecular formula is C28H20I2N2O3S. The topological polar surface area (TPSA) is 59.9 Å². The van der Waals surface area contributed by atoms with E-state index >= 15 is 0 Å². The summed E-state index contributed by atoms with van der Waals surface area (Å²) in [6.45, 7) is 0.421. The van der Waals surface area contributed by atoms with Crippen molar-refractivity contribution < 1.29 is 14.3 Å². The van der Waals surface area contributed by atoms with Crippen molar-refractivity contribution in [1.29, 1.82) is 0 Å². The zero-order chi connectivity index (χ0) is 25.1. The molecule has 5 rings (SSSR count). The largest absolute Gasteiger partial charge is 0.493 e. The van der Waals surface area contributed by atoms with E-state index in [2.05, 4.69) is 79.8 Å². The third kappa shape index (κ3) is 5.55. The first kappa shape index (κ1) is 25.1. The van der Waals surface area contributed by atoms with E-state index in [0.29, 0.717) is 28.2 Å². The summed E-state index contributed by atoms with van der Waals surface area (Å²) in [5.74, 6) is 1.12. The van der Waals surface area contributed by atoms with Crippen molar-refractivity contribution >= 4 is 90.6 Å². The van der Waals surface area contributed by atoms with Crippen LogP contribution in [0.1, 0.15) is 11.1 Å². The van der Waals surface area contributed by atoms with Crippen molar-refractivity contribution in [2.24, 2.45) is 4.99 Å².